The standard InChI is InChI=1S/C26H34N4O2/c1-20-6-8-21(9-7-20)18-30-19-22(17-25(30)31)26(32)28(2)24-11-15-29(16-12-24)14-10-23-5-3-4-13-27-23/h3-9,13,22,24H,10-12,14-19H2,1-2H3. The van der Waals surface area contributed by atoms with Crippen molar-refractivity contribution >= 4 is 11.8 Å². The number of hydrogen-bond acceptors (Lipinski definition) is 4. The van der Waals surface area contributed by atoms with Crippen LogP contribution in [-0.2, 0) is 22.6 Å². The predicted molar refractivity (Wildman–Crippen MR) is 125 cm³/mol. The van der Waals surface area contributed by atoms with Gasteiger partial charge in [0.2, 0.25) is 11.8 Å². The van der Waals surface area contributed by atoms with Crippen LogP contribution in [0.3, 0.4) is 0 Å². The molecule has 0 radical (unpaired) electrons. The Balaban J connectivity index is 1.24. The van der Waals surface area contributed by atoms with Crippen molar-refractivity contribution in [2.45, 2.75) is 45.2 Å². The van der Waals surface area contributed by atoms with Crippen LogP contribution in [0.5, 0.6) is 0 Å². The molecule has 2 aromatic rings. The van der Waals surface area contributed by atoms with Gasteiger partial charge in [-0.15, -0.1) is 0 Å². The largest absolute Gasteiger partial charge is 0.342 e. The number of amides is 2. The molecule has 1 atom stereocenters. The lowest BCUT2D eigenvalue weighted by Crippen LogP contribution is -2.47. The van der Waals surface area contributed by atoms with Crippen molar-refractivity contribution in [3.05, 3.63) is 65.5 Å². The van der Waals surface area contributed by atoms with Crippen LogP contribution in [0.4, 0.5) is 0 Å². The second kappa shape index (κ2) is 10.3. The summed E-state index contributed by atoms with van der Waals surface area (Å²) in [5.74, 6) is -0.0153. The van der Waals surface area contributed by atoms with Crippen LogP contribution in [0, 0.1) is 12.8 Å². The van der Waals surface area contributed by atoms with Crippen molar-refractivity contribution in [3.63, 3.8) is 0 Å². The number of carbonyl (C=O) groups is 2. The molecule has 6 nitrogen and oxygen atoms in total. The SMILES string of the molecule is Cc1ccc(CN2CC(C(=O)N(C)C3CCN(CCc4ccccn4)CC3)CC2=O)cc1. The number of aromatic nitrogens is 1. The van der Waals surface area contributed by atoms with Gasteiger partial charge in [-0.05, 0) is 37.5 Å². The van der Waals surface area contributed by atoms with Gasteiger partial charge in [-0.1, -0.05) is 35.9 Å². The van der Waals surface area contributed by atoms with Crippen LogP contribution >= 0.6 is 0 Å². The van der Waals surface area contributed by atoms with E-state index in [4.69, 9.17) is 0 Å². The first kappa shape index (κ1) is 22.5. The number of carbonyl (C=O) groups excluding carboxylic acids is 2. The van der Waals surface area contributed by atoms with Gasteiger partial charge in [-0.2, -0.15) is 0 Å². The van der Waals surface area contributed by atoms with Crippen LogP contribution < -0.4 is 0 Å². The third-order valence-electron chi connectivity index (χ3n) is 6.92. The molecule has 4 rings (SSSR count). The fourth-order valence-electron chi connectivity index (χ4n) is 4.82. The first-order valence-corrected chi connectivity index (χ1v) is 11.7. The van der Waals surface area contributed by atoms with Crippen LogP contribution in [0.1, 0.15) is 36.1 Å². The van der Waals surface area contributed by atoms with E-state index in [9.17, 15) is 9.59 Å². The fraction of sp³-hybridized carbons (Fsp3) is 0.500. The highest BCUT2D eigenvalue weighted by Crippen LogP contribution is 2.25. The van der Waals surface area contributed by atoms with Gasteiger partial charge in [0.25, 0.3) is 0 Å². The maximum atomic E-state index is 13.2. The summed E-state index contributed by atoms with van der Waals surface area (Å²) in [7, 11) is 1.92. The number of likely N-dealkylation sites (tertiary alicyclic amines) is 2. The van der Waals surface area contributed by atoms with Gasteiger partial charge in [-0.25, -0.2) is 0 Å². The lowest BCUT2D eigenvalue weighted by Gasteiger charge is -2.37. The van der Waals surface area contributed by atoms with E-state index in [-0.39, 0.29) is 23.8 Å². The normalized spacial score (nSPS) is 20.0. The second-order valence-corrected chi connectivity index (χ2v) is 9.25. The zero-order valence-corrected chi connectivity index (χ0v) is 19.2. The van der Waals surface area contributed by atoms with Gasteiger partial charge in [0.1, 0.15) is 0 Å². The zero-order valence-electron chi connectivity index (χ0n) is 19.2. The molecule has 0 aliphatic carbocycles. The molecule has 1 aromatic carbocycles. The lowest BCUT2D eigenvalue weighted by atomic mass is 10.00. The molecule has 6 heteroatoms. The summed E-state index contributed by atoms with van der Waals surface area (Å²) in [4.78, 5) is 36.3. The van der Waals surface area contributed by atoms with Crippen molar-refractivity contribution in [1.29, 1.82) is 0 Å². The minimum Gasteiger partial charge on any atom is -0.342 e. The van der Waals surface area contributed by atoms with Gasteiger partial charge in [0.05, 0.1) is 5.92 Å². The van der Waals surface area contributed by atoms with Gasteiger partial charge in [0, 0.05) is 70.5 Å². The fourth-order valence-corrected chi connectivity index (χ4v) is 4.82. The summed E-state index contributed by atoms with van der Waals surface area (Å²) in [6.45, 7) is 6.17. The highest BCUT2D eigenvalue weighted by molar-refractivity contribution is 5.89. The van der Waals surface area contributed by atoms with Crippen molar-refractivity contribution in [3.8, 4) is 0 Å². The molecule has 0 N–H and O–H groups in total. The highest BCUT2D eigenvalue weighted by Gasteiger charge is 2.37. The molecular weight excluding hydrogens is 400 g/mol. The van der Waals surface area contributed by atoms with E-state index in [0.29, 0.717) is 19.5 Å². The van der Waals surface area contributed by atoms with E-state index < -0.39 is 0 Å². The van der Waals surface area contributed by atoms with Crippen LogP contribution in [0.25, 0.3) is 0 Å². The van der Waals surface area contributed by atoms with E-state index in [1.807, 2.05) is 35.2 Å². The minimum atomic E-state index is -0.222. The number of hydrogen-bond donors (Lipinski definition) is 0. The average Bonchev–Trinajstić information content (AvgIpc) is 3.19. The van der Waals surface area contributed by atoms with Crippen molar-refractivity contribution in [2.24, 2.45) is 5.92 Å². The molecule has 0 spiro atoms. The smallest absolute Gasteiger partial charge is 0.227 e. The molecule has 3 heterocycles. The molecule has 170 valence electrons. The Labute approximate surface area is 191 Å². The summed E-state index contributed by atoms with van der Waals surface area (Å²) in [6, 6.07) is 14.6. The minimum absolute atomic E-state index is 0.0849. The Morgan fingerprint density at radius 2 is 1.88 bits per heavy atom. The van der Waals surface area contributed by atoms with E-state index in [1.165, 1.54) is 5.56 Å². The number of pyridine rings is 1. The number of aryl methyl sites for hydroxylation is 1. The molecule has 2 saturated heterocycles. The first-order chi connectivity index (χ1) is 15.5. The molecule has 2 fully saturated rings. The van der Waals surface area contributed by atoms with E-state index in [0.717, 1.165) is 50.2 Å². The second-order valence-electron chi connectivity index (χ2n) is 9.25. The molecule has 2 aliphatic rings. The third-order valence-corrected chi connectivity index (χ3v) is 6.92. The monoisotopic (exact) mass is 434 g/mol. The molecule has 0 bridgehead atoms. The summed E-state index contributed by atoms with van der Waals surface area (Å²) in [5.41, 5.74) is 3.45. The maximum absolute atomic E-state index is 13.2. The van der Waals surface area contributed by atoms with Gasteiger partial charge >= 0.3 is 0 Å². The number of piperidine rings is 1. The number of nitrogens with zero attached hydrogens (tertiary/aromatic N) is 4. The van der Waals surface area contributed by atoms with Crippen LogP contribution in [0.15, 0.2) is 48.7 Å². The maximum Gasteiger partial charge on any atom is 0.227 e. The lowest BCUT2D eigenvalue weighted by molar-refractivity contribution is -0.137. The molecule has 2 aliphatic heterocycles. The molecule has 32 heavy (non-hydrogen) atoms. The van der Waals surface area contributed by atoms with Crippen molar-refractivity contribution < 1.29 is 9.59 Å². The Kier molecular flexibility index (Phi) is 7.20. The molecule has 1 unspecified atom stereocenters. The Morgan fingerprint density at radius 1 is 1.12 bits per heavy atom. The molecular formula is C26H34N4O2. The third kappa shape index (κ3) is 5.54. The molecule has 2 amide bonds. The number of benzene rings is 1. The van der Waals surface area contributed by atoms with E-state index in [1.54, 1.807) is 0 Å². The van der Waals surface area contributed by atoms with Gasteiger partial charge in [-0.3, -0.25) is 14.6 Å². The molecule has 1 aromatic heterocycles. The Bertz CT molecular complexity index is 907. The Hall–Kier alpha value is -2.73. The van der Waals surface area contributed by atoms with E-state index >= 15 is 0 Å². The Morgan fingerprint density at radius 3 is 2.56 bits per heavy atom. The van der Waals surface area contributed by atoms with E-state index in [2.05, 4.69) is 47.1 Å². The quantitative estimate of drug-likeness (QED) is 0.672. The van der Waals surface area contributed by atoms with Gasteiger partial charge < -0.3 is 14.7 Å². The zero-order chi connectivity index (χ0) is 22.5. The van der Waals surface area contributed by atoms with Crippen molar-refractivity contribution in [2.75, 3.05) is 33.2 Å². The average molecular weight is 435 g/mol. The highest BCUT2D eigenvalue weighted by atomic mass is 16.2. The predicted octanol–water partition coefficient (Wildman–Crippen LogP) is 2.90. The summed E-state index contributed by atoms with van der Waals surface area (Å²) >= 11 is 0. The first-order valence-electron chi connectivity index (χ1n) is 11.7. The summed E-state index contributed by atoms with van der Waals surface area (Å²) in [5, 5.41) is 0. The van der Waals surface area contributed by atoms with Crippen LogP contribution in [0.2, 0.25) is 0 Å². The van der Waals surface area contributed by atoms with Gasteiger partial charge in [0.15, 0.2) is 0 Å². The summed E-state index contributed by atoms with van der Waals surface area (Å²) < 4.78 is 0. The van der Waals surface area contributed by atoms with Crippen molar-refractivity contribution in [1.82, 2.24) is 19.7 Å². The molecule has 0 saturated carbocycles. The van der Waals surface area contributed by atoms with Crippen LogP contribution in [-0.4, -0.2) is 70.8 Å². The summed E-state index contributed by atoms with van der Waals surface area (Å²) in [6.07, 6.45) is 5.10. The number of rotatable bonds is 7. The topological polar surface area (TPSA) is 56.8 Å².